The van der Waals surface area contributed by atoms with Crippen molar-refractivity contribution in [3.05, 3.63) is 48.4 Å². The molecule has 1 aromatic carbocycles. The second-order valence-electron chi connectivity index (χ2n) is 6.73. The molecule has 0 bridgehead atoms. The Morgan fingerprint density at radius 3 is 2.70 bits per heavy atom. The third-order valence-corrected chi connectivity index (χ3v) is 5.00. The van der Waals surface area contributed by atoms with Crippen molar-refractivity contribution in [2.24, 2.45) is 5.41 Å². The molecule has 1 unspecified atom stereocenters. The quantitative estimate of drug-likeness (QED) is 0.855. The molecule has 2 fully saturated rings. The maximum Gasteiger partial charge on any atom is 0.227 e. The topological polar surface area (TPSA) is 49.3 Å². The summed E-state index contributed by atoms with van der Waals surface area (Å²) in [5.74, 6) is 1.19. The Bertz CT molecular complexity index is 716. The van der Waals surface area contributed by atoms with E-state index in [1.54, 1.807) is 12.5 Å². The highest BCUT2D eigenvalue weighted by atomic mass is 16.2. The standard InChI is InChI=1S/C18H20N4O/c1-14-2-4-15(5-3-14)22-12-18(10-17(22)23)7-9-21(11-18)16-6-8-19-13-20-16/h2-6,8,13H,7,9-12H2,1H3. The Morgan fingerprint density at radius 2 is 1.96 bits per heavy atom. The van der Waals surface area contributed by atoms with Gasteiger partial charge in [0.2, 0.25) is 5.91 Å². The highest BCUT2D eigenvalue weighted by molar-refractivity contribution is 5.96. The van der Waals surface area contributed by atoms with Gasteiger partial charge in [-0.2, -0.15) is 0 Å². The van der Waals surface area contributed by atoms with Gasteiger partial charge in [0.05, 0.1) is 0 Å². The lowest BCUT2D eigenvalue weighted by molar-refractivity contribution is -0.117. The SMILES string of the molecule is Cc1ccc(N2CC3(CCN(c4ccncn4)C3)CC2=O)cc1. The second kappa shape index (κ2) is 5.33. The van der Waals surface area contributed by atoms with Crippen molar-refractivity contribution in [1.82, 2.24) is 9.97 Å². The Hall–Kier alpha value is -2.43. The number of hydrogen-bond donors (Lipinski definition) is 0. The zero-order chi connectivity index (χ0) is 15.9. The fourth-order valence-corrected chi connectivity index (χ4v) is 3.73. The summed E-state index contributed by atoms with van der Waals surface area (Å²) in [6.45, 7) is 4.70. The van der Waals surface area contributed by atoms with Gasteiger partial charge in [-0.1, -0.05) is 17.7 Å². The van der Waals surface area contributed by atoms with Gasteiger partial charge in [-0.15, -0.1) is 0 Å². The number of aryl methyl sites for hydroxylation is 1. The summed E-state index contributed by atoms with van der Waals surface area (Å²) in [5, 5.41) is 0. The molecule has 118 valence electrons. The molecule has 1 atom stereocenters. The average Bonchev–Trinajstić information content (AvgIpc) is 3.13. The number of benzene rings is 1. The molecule has 0 saturated carbocycles. The van der Waals surface area contributed by atoms with E-state index >= 15 is 0 Å². The molecule has 0 radical (unpaired) electrons. The molecule has 0 N–H and O–H groups in total. The second-order valence-corrected chi connectivity index (χ2v) is 6.73. The van der Waals surface area contributed by atoms with Gasteiger partial charge in [-0.25, -0.2) is 9.97 Å². The third-order valence-electron chi connectivity index (χ3n) is 5.00. The normalized spacial score (nSPS) is 24.0. The fourth-order valence-electron chi connectivity index (χ4n) is 3.73. The Balaban J connectivity index is 1.53. The maximum atomic E-state index is 12.5. The van der Waals surface area contributed by atoms with Crippen LogP contribution >= 0.6 is 0 Å². The predicted molar refractivity (Wildman–Crippen MR) is 89.4 cm³/mol. The van der Waals surface area contributed by atoms with Crippen LogP contribution in [0.4, 0.5) is 11.5 Å². The number of anilines is 2. The Morgan fingerprint density at radius 1 is 1.13 bits per heavy atom. The number of amides is 1. The van der Waals surface area contributed by atoms with Crippen LogP contribution < -0.4 is 9.80 Å². The molecular formula is C18H20N4O. The maximum absolute atomic E-state index is 12.5. The first-order valence-corrected chi connectivity index (χ1v) is 8.03. The molecule has 1 amide bonds. The summed E-state index contributed by atoms with van der Waals surface area (Å²) in [6.07, 6.45) is 5.01. The van der Waals surface area contributed by atoms with Crippen LogP contribution in [0.2, 0.25) is 0 Å². The highest BCUT2D eigenvalue weighted by Gasteiger charge is 2.48. The van der Waals surface area contributed by atoms with Crippen molar-refractivity contribution in [1.29, 1.82) is 0 Å². The molecule has 2 saturated heterocycles. The predicted octanol–water partition coefficient (Wildman–Crippen LogP) is 2.42. The number of rotatable bonds is 2. The van der Waals surface area contributed by atoms with Crippen molar-refractivity contribution >= 4 is 17.4 Å². The summed E-state index contributed by atoms with van der Waals surface area (Å²) >= 11 is 0. The minimum absolute atomic E-state index is 0.0485. The first-order valence-electron chi connectivity index (χ1n) is 8.03. The molecule has 5 heteroatoms. The highest BCUT2D eigenvalue weighted by Crippen LogP contribution is 2.42. The number of carbonyl (C=O) groups excluding carboxylic acids is 1. The van der Waals surface area contributed by atoms with Gasteiger partial charge in [0, 0.05) is 43.4 Å². The van der Waals surface area contributed by atoms with E-state index in [9.17, 15) is 4.79 Å². The Labute approximate surface area is 136 Å². The van der Waals surface area contributed by atoms with Gasteiger partial charge in [-0.05, 0) is 31.5 Å². The van der Waals surface area contributed by atoms with Gasteiger partial charge in [0.15, 0.2) is 0 Å². The average molecular weight is 308 g/mol. The van der Waals surface area contributed by atoms with Gasteiger partial charge in [0.25, 0.3) is 0 Å². The van der Waals surface area contributed by atoms with Crippen LogP contribution in [0.25, 0.3) is 0 Å². The molecule has 1 aromatic heterocycles. The largest absolute Gasteiger partial charge is 0.356 e. The minimum Gasteiger partial charge on any atom is -0.356 e. The van der Waals surface area contributed by atoms with Gasteiger partial charge >= 0.3 is 0 Å². The van der Waals surface area contributed by atoms with Crippen LogP contribution in [0, 0.1) is 12.3 Å². The lowest BCUT2D eigenvalue weighted by Crippen LogP contribution is -2.31. The molecule has 3 heterocycles. The molecule has 2 aliphatic rings. The summed E-state index contributed by atoms with van der Waals surface area (Å²) in [6, 6.07) is 10.2. The molecule has 2 aromatic rings. The van der Waals surface area contributed by atoms with Gasteiger partial charge in [0.1, 0.15) is 12.1 Å². The van der Waals surface area contributed by atoms with E-state index < -0.39 is 0 Å². The van der Waals surface area contributed by atoms with Gasteiger partial charge in [-0.3, -0.25) is 4.79 Å². The lowest BCUT2D eigenvalue weighted by atomic mass is 9.86. The summed E-state index contributed by atoms with van der Waals surface area (Å²) in [5.41, 5.74) is 2.27. The zero-order valence-electron chi connectivity index (χ0n) is 13.3. The van der Waals surface area contributed by atoms with E-state index in [-0.39, 0.29) is 11.3 Å². The molecular weight excluding hydrogens is 288 g/mol. The fraction of sp³-hybridized carbons (Fsp3) is 0.389. The molecule has 5 nitrogen and oxygen atoms in total. The lowest BCUT2D eigenvalue weighted by Gasteiger charge is -2.24. The summed E-state index contributed by atoms with van der Waals surface area (Å²) in [4.78, 5) is 25.1. The molecule has 2 aliphatic heterocycles. The van der Waals surface area contributed by atoms with Crippen molar-refractivity contribution in [2.75, 3.05) is 29.4 Å². The molecule has 23 heavy (non-hydrogen) atoms. The van der Waals surface area contributed by atoms with Crippen molar-refractivity contribution in [3.63, 3.8) is 0 Å². The number of nitrogens with zero attached hydrogens (tertiary/aromatic N) is 4. The van der Waals surface area contributed by atoms with Crippen LogP contribution in [-0.4, -0.2) is 35.5 Å². The van der Waals surface area contributed by atoms with Crippen LogP contribution in [0.3, 0.4) is 0 Å². The van der Waals surface area contributed by atoms with E-state index in [1.807, 2.05) is 23.1 Å². The van der Waals surface area contributed by atoms with Crippen LogP contribution in [0.5, 0.6) is 0 Å². The summed E-state index contributed by atoms with van der Waals surface area (Å²) in [7, 11) is 0. The first kappa shape index (κ1) is 14.2. The third kappa shape index (κ3) is 2.56. The molecule has 1 spiro atoms. The minimum atomic E-state index is 0.0485. The smallest absolute Gasteiger partial charge is 0.227 e. The van der Waals surface area contributed by atoms with Crippen LogP contribution in [-0.2, 0) is 4.79 Å². The van der Waals surface area contributed by atoms with Crippen LogP contribution in [0.15, 0.2) is 42.9 Å². The van der Waals surface area contributed by atoms with E-state index in [0.29, 0.717) is 6.42 Å². The zero-order valence-corrected chi connectivity index (χ0v) is 13.3. The van der Waals surface area contributed by atoms with Crippen molar-refractivity contribution in [2.45, 2.75) is 19.8 Å². The van der Waals surface area contributed by atoms with E-state index in [2.05, 4.69) is 33.9 Å². The number of carbonyl (C=O) groups is 1. The van der Waals surface area contributed by atoms with Crippen molar-refractivity contribution < 1.29 is 4.79 Å². The van der Waals surface area contributed by atoms with E-state index in [1.165, 1.54) is 5.56 Å². The van der Waals surface area contributed by atoms with Crippen molar-refractivity contribution in [3.8, 4) is 0 Å². The molecule has 0 aliphatic carbocycles. The monoisotopic (exact) mass is 308 g/mol. The first-order chi connectivity index (χ1) is 11.2. The number of aromatic nitrogens is 2. The molecule has 4 rings (SSSR count). The van der Waals surface area contributed by atoms with E-state index in [0.717, 1.165) is 37.6 Å². The van der Waals surface area contributed by atoms with E-state index in [4.69, 9.17) is 0 Å². The van der Waals surface area contributed by atoms with Crippen LogP contribution in [0.1, 0.15) is 18.4 Å². The Kier molecular flexibility index (Phi) is 3.29. The number of hydrogen-bond acceptors (Lipinski definition) is 4. The van der Waals surface area contributed by atoms with Gasteiger partial charge < -0.3 is 9.80 Å². The summed E-state index contributed by atoms with van der Waals surface area (Å²) < 4.78 is 0.